The van der Waals surface area contributed by atoms with E-state index in [1.54, 1.807) is 32.0 Å². The second kappa shape index (κ2) is 12.5. The molecule has 1 aliphatic heterocycles. The van der Waals surface area contributed by atoms with Crippen molar-refractivity contribution < 1.29 is 33.7 Å². The van der Waals surface area contributed by atoms with Gasteiger partial charge in [0.25, 0.3) is 5.78 Å². The van der Waals surface area contributed by atoms with Crippen LogP contribution in [0.2, 0.25) is 0 Å². The molecule has 1 fully saturated rings. The monoisotopic (exact) mass is 618 g/mol. The van der Waals surface area contributed by atoms with E-state index in [0.717, 1.165) is 36.2 Å². The largest absolute Gasteiger partial charge is 0.505 e. The van der Waals surface area contributed by atoms with Crippen LogP contribution in [0.1, 0.15) is 70.1 Å². The molecule has 230 valence electrons. The van der Waals surface area contributed by atoms with E-state index in [0.29, 0.717) is 40.7 Å². The number of thiazole rings is 1. The van der Waals surface area contributed by atoms with Crippen LogP contribution in [-0.2, 0) is 14.3 Å². The number of ether oxygens (including phenoxy) is 3. The third-order valence-electron chi connectivity index (χ3n) is 7.62. The number of ketones is 1. The highest BCUT2D eigenvalue weighted by molar-refractivity contribution is 7.17. The third-order valence-corrected chi connectivity index (χ3v) is 8.76. The summed E-state index contributed by atoms with van der Waals surface area (Å²) in [5.41, 5.74) is 2.91. The van der Waals surface area contributed by atoms with E-state index < -0.39 is 29.5 Å². The van der Waals surface area contributed by atoms with Crippen molar-refractivity contribution in [1.29, 1.82) is 0 Å². The first-order valence-corrected chi connectivity index (χ1v) is 15.1. The summed E-state index contributed by atoms with van der Waals surface area (Å²) in [4.78, 5) is 50.4. The number of Topliss-reactive ketones (excluding diaryl/α,β-unsaturated/α-hetero) is 1. The number of pyridine rings is 1. The van der Waals surface area contributed by atoms with Crippen LogP contribution in [0.15, 0.2) is 42.1 Å². The van der Waals surface area contributed by atoms with Crippen molar-refractivity contribution in [2.45, 2.75) is 53.0 Å². The third kappa shape index (κ3) is 5.30. The molecule has 1 atom stereocenters. The van der Waals surface area contributed by atoms with Gasteiger partial charge in [0.15, 0.2) is 22.4 Å². The van der Waals surface area contributed by atoms with E-state index in [1.165, 1.54) is 19.1 Å². The highest BCUT2D eigenvalue weighted by Crippen LogP contribution is 2.45. The number of aliphatic hydroxyl groups is 1. The van der Waals surface area contributed by atoms with Gasteiger partial charge in [0, 0.05) is 6.20 Å². The smallest absolute Gasteiger partial charge is 0.350 e. The zero-order valence-corrected chi connectivity index (χ0v) is 26.3. The van der Waals surface area contributed by atoms with E-state index in [9.17, 15) is 19.5 Å². The quantitative estimate of drug-likeness (QED) is 0.0781. The van der Waals surface area contributed by atoms with Crippen molar-refractivity contribution in [1.82, 2.24) is 14.4 Å². The second-order valence-corrected chi connectivity index (χ2v) is 11.4. The van der Waals surface area contributed by atoms with Crippen LogP contribution in [0.5, 0.6) is 11.5 Å². The number of unbranched alkanes of at least 4 members (excludes halogenated alkanes) is 2. The average molecular weight is 619 g/mol. The molecule has 11 nitrogen and oxygen atoms in total. The number of amides is 1. The summed E-state index contributed by atoms with van der Waals surface area (Å²) in [6, 6.07) is 7.76. The van der Waals surface area contributed by atoms with Gasteiger partial charge in [0.1, 0.15) is 16.2 Å². The van der Waals surface area contributed by atoms with Crippen LogP contribution >= 0.6 is 11.3 Å². The number of fused-ring (bicyclic) bond motifs is 1. The number of nitrogens with zero attached hydrogens (tertiary/aromatic N) is 4. The van der Waals surface area contributed by atoms with Gasteiger partial charge in [-0.25, -0.2) is 14.8 Å². The molecule has 0 radical (unpaired) electrons. The zero-order chi connectivity index (χ0) is 31.7. The molecule has 4 aromatic rings. The molecule has 1 aromatic carbocycles. The number of carbonyl (C=O) groups is 3. The number of benzene rings is 1. The van der Waals surface area contributed by atoms with Gasteiger partial charge in [0.2, 0.25) is 0 Å². The van der Waals surface area contributed by atoms with Crippen LogP contribution in [0, 0.1) is 20.8 Å². The number of anilines is 1. The molecule has 3 aromatic heterocycles. The van der Waals surface area contributed by atoms with Gasteiger partial charge in [-0.3, -0.25) is 14.5 Å². The Bertz CT molecular complexity index is 1810. The molecule has 1 aliphatic rings. The van der Waals surface area contributed by atoms with E-state index in [1.807, 2.05) is 29.7 Å². The average Bonchev–Trinajstić information content (AvgIpc) is 3.66. The standard InChI is InChI=1S/C32H34N4O7S/c1-7-8-9-15-43-21-13-12-20(16-22(21)41-5)25-23(26(37)24-19(4)35-14-10-11-17(2)29(35)34-24)27(38)30(39)36(25)32-33-18(3)28(44-32)31(40)42-6/h10-14,16,25,37H,7-9,15H2,1-6H3/b26-23+. The summed E-state index contributed by atoms with van der Waals surface area (Å²) in [5.74, 6) is -1.94. The topological polar surface area (TPSA) is 133 Å². The molecule has 1 saturated heterocycles. The molecule has 1 unspecified atom stereocenters. The molecule has 0 spiro atoms. The Kier molecular flexibility index (Phi) is 8.73. The Morgan fingerprint density at radius 1 is 1.07 bits per heavy atom. The number of hydrogen-bond donors (Lipinski definition) is 1. The minimum atomic E-state index is -1.11. The molecule has 1 N–H and O–H groups in total. The van der Waals surface area contributed by atoms with Gasteiger partial charge in [-0.15, -0.1) is 0 Å². The maximum atomic E-state index is 13.8. The number of carbonyl (C=O) groups excluding carboxylic acids is 3. The van der Waals surface area contributed by atoms with Gasteiger partial charge in [-0.2, -0.15) is 0 Å². The molecular formula is C32H34N4O7S. The van der Waals surface area contributed by atoms with Crippen LogP contribution in [0.3, 0.4) is 0 Å². The maximum Gasteiger partial charge on any atom is 0.350 e. The van der Waals surface area contributed by atoms with E-state index >= 15 is 0 Å². The van der Waals surface area contributed by atoms with Crippen LogP contribution in [0.25, 0.3) is 11.4 Å². The normalized spacial score (nSPS) is 16.1. The number of aromatic nitrogens is 3. The van der Waals surface area contributed by atoms with Crippen LogP contribution < -0.4 is 14.4 Å². The van der Waals surface area contributed by atoms with Crippen molar-refractivity contribution >= 4 is 45.5 Å². The Hall–Kier alpha value is -4.71. The minimum absolute atomic E-state index is 0.107. The Morgan fingerprint density at radius 2 is 1.84 bits per heavy atom. The highest BCUT2D eigenvalue weighted by Gasteiger charge is 2.49. The number of esters is 1. The van der Waals surface area contributed by atoms with Crippen molar-refractivity contribution in [3.8, 4) is 11.5 Å². The predicted molar refractivity (Wildman–Crippen MR) is 166 cm³/mol. The molecule has 0 saturated carbocycles. The fraction of sp³-hybridized carbons (Fsp3) is 0.344. The molecule has 0 aliphatic carbocycles. The first-order chi connectivity index (χ1) is 21.1. The molecule has 5 rings (SSSR count). The number of rotatable bonds is 10. The molecule has 1 amide bonds. The minimum Gasteiger partial charge on any atom is -0.505 e. The summed E-state index contributed by atoms with van der Waals surface area (Å²) in [7, 11) is 2.76. The van der Waals surface area contributed by atoms with Crippen molar-refractivity contribution in [2.75, 3.05) is 25.7 Å². The lowest BCUT2D eigenvalue weighted by atomic mass is 9.96. The molecule has 12 heteroatoms. The highest BCUT2D eigenvalue weighted by atomic mass is 32.1. The number of methoxy groups -OCH3 is 2. The predicted octanol–water partition coefficient (Wildman–Crippen LogP) is 5.71. The second-order valence-electron chi connectivity index (χ2n) is 10.5. The van der Waals surface area contributed by atoms with Gasteiger partial charge < -0.3 is 23.7 Å². The number of imidazole rings is 1. The molecule has 44 heavy (non-hydrogen) atoms. The van der Waals surface area contributed by atoms with E-state index in [-0.39, 0.29) is 21.3 Å². The summed E-state index contributed by atoms with van der Waals surface area (Å²) >= 11 is 0.928. The fourth-order valence-electron chi connectivity index (χ4n) is 5.29. The summed E-state index contributed by atoms with van der Waals surface area (Å²) < 4.78 is 18.3. The van der Waals surface area contributed by atoms with Crippen LogP contribution in [-0.4, -0.2) is 58.0 Å². The zero-order valence-electron chi connectivity index (χ0n) is 25.5. The lowest BCUT2D eigenvalue weighted by Gasteiger charge is -2.24. The number of aryl methyl sites for hydroxylation is 3. The summed E-state index contributed by atoms with van der Waals surface area (Å²) in [5, 5.41) is 11.9. The first-order valence-electron chi connectivity index (χ1n) is 14.2. The maximum absolute atomic E-state index is 13.8. The van der Waals surface area contributed by atoms with Crippen molar-refractivity contribution in [3.63, 3.8) is 0 Å². The number of hydrogen-bond acceptors (Lipinski definition) is 10. The Labute approximate surface area is 258 Å². The number of aliphatic hydroxyl groups excluding tert-OH is 1. The lowest BCUT2D eigenvalue weighted by molar-refractivity contribution is -0.132. The van der Waals surface area contributed by atoms with Crippen molar-refractivity contribution in [3.05, 3.63) is 75.2 Å². The summed E-state index contributed by atoms with van der Waals surface area (Å²) in [6.45, 7) is 7.91. The van der Waals surface area contributed by atoms with Gasteiger partial charge >= 0.3 is 11.9 Å². The van der Waals surface area contributed by atoms with Gasteiger partial charge in [0.05, 0.1) is 43.8 Å². The van der Waals surface area contributed by atoms with E-state index in [2.05, 4.69) is 16.9 Å². The first kappa shape index (κ1) is 30.7. The lowest BCUT2D eigenvalue weighted by Crippen LogP contribution is -2.29. The Morgan fingerprint density at radius 3 is 2.52 bits per heavy atom. The van der Waals surface area contributed by atoms with Gasteiger partial charge in [-0.1, -0.05) is 43.2 Å². The molecule has 4 heterocycles. The Balaban J connectivity index is 1.70. The van der Waals surface area contributed by atoms with Crippen LogP contribution in [0.4, 0.5) is 5.13 Å². The molecule has 0 bridgehead atoms. The van der Waals surface area contributed by atoms with Crippen molar-refractivity contribution in [2.24, 2.45) is 0 Å². The van der Waals surface area contributed by atoms with E-state index in [4.69, 9.17) is 14.2 Å². The fourth-order valence-corrected chi connectivity index (χ4v) is 6.31. The van der Waals surface area contributed by atoms with Gasteiger partial charge in [-0.05, 0) is 56.5 Å². The molecular weight excluding hydrogens is 584 g/mol. The SMILES string of the molecule is CCCCCOc1ccc(C2/C(=C(\O)c3nc4c(C)cccn4c3C)C(=O)C(=O)N2c2nc(C)c(C(=O)OC)s2)cc1OC. The summed E-state index contributed by atoms with van der Waals surface area (Å²) in [6.07, 6.45) is 4.77.